The van der Waals surface area contributed by atoms with Crippen LogP contribution in [0.15, 0.2) is 23.6 Å². The van der Waals surface area contributed by atoms with Crippen LogP contribution in [0.4, 0.5) is 0 Å². The van der Waals surface area contributed by atoms with Gasteiger partial charge in [0.25, 0.3) is 0 Å². The molecule has 26 heavy (non-hydrogen) atoms. The smallest absolute Gasteiger partial charge is 0.191 e. The van der Waals surface area contributed by atoms with Crippen molar-refractivity contribution in [1.82, 2.24) is 30.3 Å². The minimum absolute atomic E-state index is 0.199. The van der Waals surface area contributed by atoms with Crippen molar-refractivity contribution in [3.8, 4) is 0 Å². The van der Waals surface area contributed by atoms with E-state index in [1.165, 1.54) is 15.4 Å². The van der Waals surface area contributed by atoms with Crippen LogP contribution >= 0.6 is 11.3 Å². The Morgan fingerprint density at radius 1 is 1.31 bits per heavy atom. The van der Waals surface area contributed by atoms with Gasteiger partial charge in [-0.1, -0.05) is 6.92 Å². The molecule has 0 saturated heterocycles. The number of aliphatic imine (C=N–C) groups is 1. The van der Waals surface area contributed by atoms with E-state index in [0.29, 0.717) is 6.54 Å². The Morgan fingerprint density at radius 2 is 2.12 bits per heavy atom. The number of rotatable bonds is 9. The molecule has 0 amide bonds. The summed E-state index contributed by atoms with van der Waals surface area (Å²) in [5, 5.41) is 12.2. The van der Waals surface area contributed by atoms with E-state index in [1.54, 1.807) is 11.3 Å². The molecular weight excluding hydrogens is 346 g/mol. The summed E-state index contributed by atoms with van der Waals surface area (Å²) in [5.74, 6) is 0.843. The van der Waals surface area contributed by atoms with Crippen LogP contribution in [-0.4, -0.2) is 59.4 Å². The largest absolute Gasteiger partial charge is 0.357 e. The lowest BCUT2D eigenvalue weighted by molar-refractivity contribution is 0.306. The summed E-state index contributed by atoms with van der Waals surface area (Å²) < 4.78 is 1.83. The lowest BCUT2D eigenvalue weighted by Gasteiger charge is -2.22. The molecule has 0 fully saturated rings. The number of aromatic nitrogens is 3. The van der Waals surface area contributed by atoms with Gasteiger partial charge in [0.15, 0.2) is 5.96 Å². The second-order valence-corrected chi connectivity index (χ2v) is 7.60. The molecule has 2 rings (SSSR count). The monoisotopic (exact) mass is 377 g/mol. The van der Waals surface area contributed by atoms with E-state index in [9.17, 15) is 0 Å². The minimum atomic E-state index is 0.199. The SMILES string of the molecule is CCNC(=NCC(c1cnn(C)c1)N(C)C)NCCc1ncc(CC)s1. The molecule has 144 valence electrons. The van der Waals surface area contributed by atoms with E-state index in [4.69, 9.17) is 4.99 Å². The number of nitrogens with zero attached hydrogens (tertiary/aromatic N) is 5. The number of aryl methyl sites for hydroxylation is 2. The van der Waals surface area contributed by atoms with E-state index < -0.39 is 0 Å². The number of hydrogen-bond donors (Lipinski definition) is 2. The maximum absolute atomic E-state index is 4.77. The molecule has 2 heterocycles. The standard InChI is InChI=1S/C18H31N7S/c1-6-15-11-21-17(26-15)8-9-20-18(19-7-2)22-12-16(24(3)4)14-10-23-25(5)13-14/h10-11,13,16H,6-9,12H2,1-5H3,(H2,19,20,22). The van der Waals surface area contributed by atoms with Gasteiger partial charge in [0.1, 0.15) is 0 Å². The Bertz CT molecular complexity index is 689. The van der Waals surface area contributed by atoms with Crippen molar-refractivity contribution in [3.63, 3.8) is 0 Å². The van der Waals surface area contributed by atoms with Gasteiger partial charge in [-0.25, -0.2) is 4.98 Å². The van der Waals surface area contributed by atoms with Crippen molar-refractivity contribution in [2.24, 2.45) is 12.0 Å². The van der Waals surface area contributed by atoms with Gasteiger partial charge in [0.05, 0.1) is 23.8 Å². The van der Waals surface area contributed by atoms with E-state index in [1.807, 2.05) is 30.3 Å². The summed E-state index contributed by atoms with van der Waals surface area (Å²) in [6, 6.07) is 0.199. The Labute approximate surface area is 160 Å². The fourth-order valence-electron chi connectivity index (χ4n) is 2.61. The second-order valence-electron chi connectivity index (χ2n) is 6.40. The molecule has 7 nitrogen and oxygen atoms in total. The molecule has 1 atom stereocenters. The summed E-state index contributed by atoms with van der Waals surface area (Å²) >= 11 is 1.79. The third-order valence-electron chi connectivity index (χ3n) is 4.08. The molecule has 0 aliphatic heterocycles. The van der Waals surface area contributed by atoms with Crippen LogP contribution in [0.3, 0.4) is 0 Å². The van der Waals surface area contributed by atoms with E-state index in [0.717, 1.165) is 31.9 Å². The maximum Gasteiger partial charge on any atom is 0.191 e. The van der Waals surface area contributed by atoms with Crippen molar-refractivity contribution in [3.05, 3.63) is 34.0 Å². The zero-order chi connectivity index (χ0) is 18.9. The highest BCUT2D eigenvalue weighted by Crippen LogP contribution is 2.17. The minimum Gasteiger partial charge on any atom is -0.357 e. The zero-order valence-electron chi connectivity index (χ0n) is 16.5. The average molecular weight is 378 g/mol. The second kappa shape index (κ2) is 10.3. The Morgan fingerprint density at radius 3 is 2.69 bits per heavy atom. The third kappa shape index (κ3) is 6.10. The highest BCUT2D eigenvalue weighted by molar-refractivity contribution is 7.11. The first-order valence-corrected chi connectivity index (χ1v) is 9.95. The van der Waals surface area contributed by atoms with E-state index in [-0.39, 0.29) is 6.04 Å². The lowest BCUT2D eigenvalue weighted by Crippen LogP contribution is -2.39. The molecular formula is C18H31N7S. The van der Waals surface area contributed by atoms with Crippen molar-refractivity contribution in [2.75, 3.05) is 33.7 Å². The maximum atomic E-state index is 4.77. The summed E-state index contributed by atoms with van der Waals surface area (Å²) in [4.78, 5) is 12.8. The van der Waals surface area contributed by atoms with Gasteiger partial charge in [0, 0.05) is 49.4 Å². The third-order valence-corrected chi connectivity index (χ3v) is 5.28. The predicted octanol–water partition coefficient (Wildman–Crippen LogP) is 1.84. The van der Waals surface area contributed by atoms with Crippen molar-refractivity contribution in [2.45, 2.75) is 32.7 Å². The van der Waals surface area contributed by atoms with Gasteiger partial charge in [-0.05, 0) is 27.4 Å². The molecule has 0 bridgehead atoms. The van der Waals surface area contributed by atoms with Gasteiger partial charge < -0.3 is 15.5 Å². The normalized spacial score (nSPS) is 13.2. The van der Waals surface area contributed by atoms with Crippen LogP contribution in [0.2, 0.25) is 0 Å². The van der Waals surface area contributed by atoms with Crippen LogP contribution in [0.25, 0.3) is 0 Å². The average Bonchev–Trinajstić information content (AvgIpc) is 3.23. The summed E-state index contributed by atoms with van der Waals surface area (Å²) in [5.41, 5.74) is 1.17. The van der Waals surface area contributed by atoms with Gasteiger partial charge in [-0.15, -0.1) is 11.3 Å². The number of likely N-dealkylation sites (N-methyl/N-ethyl adjacent to an activating group) is 1. The fraction of sp³-hybridized carbons (Fsp3) is 0.611. The number of guanidine groups is 1. The number of hydrogen-bond acceptors (Lipinski definition) is 5. The first kappa shape index (κ1) is 20.4. The molecule has 8 heteroatoms. The Balaban J connectivity index is 1.93. The van der Waals surface area contributed by atoms with Crippen molar-refractivity contribution >= 4 is 17.3 Å². The van der Waals surface area contributed by atoms with Gasteiger partial charge in [-0.2, -0.15) is 5.10 Å². The van der Waals surface area contributed by atoms with E-state index in [2.05, 4.69) is 53.6 Å². The van der Waals surface area contributed by atoms with Crippen molar-refractivity contribution in [1.29, 1.82) is 0 Å². The zero-order valence-corrected chi connectivity index (χ0v) is 17.3. The van der Waals surface area contributed by atoms with Crippen LogP contribution in [0.1, 0.15) is 35.3 Å². The molecule has 0 saturated carbocycles. The number of nitrogens with one attached hydrogen (secondary N) is 2. The molecule has 2 N–H and O–H groups in total. The van der Waals surface area contributed by atoms with Crippen LogP contribution in [0.5, 0.6) is 0 Å². The highest BCUT2D eigenvalue weighted by Gasteiger charge is 2.15. The molecule has 0 aliphatic rings. The first-order valence-electron chi connectivity index (χ1n) is 9.14. The molecule has 1 unspecified atom stereocenters. The Kier molecular flexibility index (Phi) is 8.06. The predicted molar refractivity (Wildman–Crippen MR) is 109 cm³/mol. The summed E-state index contributed by atoms with van der Waals surface area (Å²) in [6.07, 6.45) is 7.90. The van der Waals surface area contributed by atoms with Crippen molar-refractivity contribution < 1.29 is 0 Å². The first-order chi connectivity index (χ1) is 12.5. The van der Waals surface area contributed by atoms with Gasteiger partial charge in [-0.3, -0.25) is 9.67 Å². The van der Waals surface area contributed by atoms with Crippen LogP contribution in [-0.2, 0) is 19.9 Å². The fourth-order valence-corrected chi connectivity index (χ4v) is 3.48. The van der Waals surface area contributed by atoms with Gasteiger partial charge in [0.2, 0.25) is 0 Å². The molecule has 2 aromatic rings. The molecule has 0 spiro atoms. The van der Waals surface area contributed by atoms with E-state index >= 15 is 0 Å². The molecule has 0 aromatic carbocycles. The van der Waals surface area contributed by atoms with Crippen LogP contribution < -0.4 is 10.6 Å². The van der Waals surface area contributed by atoms with Crippen LogP contribution in [0, 0.1) is 0 Å². The topological polar surface area (TPSA) is 70.4 Å². The van der Waals surface area contributed by atoms with Gasteiger partial charge >= 0.3 is 0 Å². The molecule has 2 aromatic heterocycles. The lowest BCUT2D eigenvalue weighted by atomic mass is 10.1. The highest BCUT2D eigenvalue weighted by atomic mass is 32.1. The molecule has 0 radical (unpaired) electrons. The summed E-state index contributed by atoms with van der Waals surface area (Å²) in [6.45, 7) is 6.57. The summed E-state index contributed by atoms with van der Waals surface area (Å²) in [7, 11) is 6.08. The number of thiazole rings is 1. The Hall–Kier alpha value is -1.93. The quantitative estimate of drug-likeness (QED) is 0.515. The molecule has 0 aliphatic carbocycles.